The summed E-state index contributed by atoms with van der Waals surface area (Å²) in [6.45, 7) is 6.87. The Bertz CT molecular complexity index is 1980. The van der Waals surface area contributed by atoms with Gasteiger partial charge in [-0.25, -0.2) is 0 Å². The van der Waals surface area contributed by atoms with Crippen LogP contribution in [0.15, 0.2) is 36.4 Å². The molecule has 1 N–H and O–H groups in total. The third-order valence-electron chi connectivity index (χ3n) is 8.11. The lowest BCUT2D eigenvalue weighted by Gasteiger charge is -2.44. The average molecular weight is 705 g/mol. The molecule has 1 heterocycles. The lowest BCUT2D eigenvalue weighted by molar-refractivity contribution is -0.288. The lowest BCUT2D eigenvalue weighted by Crippen LogP contribution is -2.63. The van der Waals surface area contributed by atoms with Crippen LogP contribution in [0.25, 0.3) is 5.57 Å². The van der Waals surface area contributed by atoms with E-state index in [9.17, 15) is 43.5 Å². The number of fused-ring (bicyclic) bond motifs is 2. The van der Waals surface area contributed by atoms with Crippen LogP contribution in [0.1, 0.15) is 85.8 Å². The number of carbonyl (C=O) groups is 8. The fourth-order valence-electron chi connectivity index (χ4n) is 6.20. The number of rotatable bonds is 8. The number of phenolic OH excluding ortho intramolecular Hbond substituents is 1. The van der Waals surface area contributed by atoms with E-state index < -0.39 is 90.1 Å². The highest BCUT2D eigenvalue weighted by Crippen LogP contribution is 2.42. The summed E-state index contributed by atoms with van der Waals surface area (Å²) in [5, 5.41) is 11.2. The third kappa shape index (κ3) is 7.19. The summed E-state index contributed by atoms with van der Waals surface area (Å²) in [6, 6.07) is 4.16. The number of carbonyl (C=O) groups excluding carboxylic acids is 8. The first-order chi connectivity index (χ1) is 24.0. The van der Waals surface area contributed by atoms with E-state index >= 15 is 0 Å². The molecule has 15 heteroatoms. The Morgan fingerprint density at radius 2 is 1.31 bits per heavy atom. The van der Waals surface area contributed by atoms with E-state index in [1.807, 2.05) is 0 Å². The molecule has 0 saturated carbocycles. The topological polar surface area (TPSA) is 212 Å². The summed E-state index contributed by atoms with van der Waals surface area (Å²) >= 11 is 0. The Labute approximate surface area is 290 Å². The van der Waals surface area contributed by atoms with Crippen molar-refractivity contribution in [2.24, 2.45) is 0 Å². The maximum atomic E-state index is 14.1. The molecule has 0 amide bonds. The van der Waals surface area contributed by atoms with Gasteiger partial charge in [-0.3, -0.25) is 38.4 Å². The first kappa shape index (κ1) is 36.3. The van der Waals surface area contributed by atoms with E-state index in [1.165, 1.54) is 25.1 Å². The summed E-state index contributed by atoms with van der Waals surface area (Å²) in [5.74, 6) is -6.83. The second kappa shape index (κ2) is 14.1. The summed E-state index contributed by atoms with van der Waals surface area (Å²) in [5.41, 5.74) is -0.445. The van der Waals surface area contributed by atoms with Crippen LogP contribution in [-0.2, 0) is 42.9 Å². The number of aryl methyl sites for hydroxylation is 2. The van der Waals surface area contributed by atoms with Crippen molar-refractivity contribution in [1.82, 2.24) is 0 Å². The van der Waals surface area contributed by atoms with Crippen LogP contribution in [-0.4, -0.2) is 89.4 Å². The average Bonchev–Trinajstić information content (AvgIpc) is 3.02. The maximum Gasteiger partial charge on any atom is 0.303 e. The Kier molecular flexibility index (Phi) is 10.0. The number of ketones is 4. The molecule has 15 nitrogen and oxygen atoms in total. The van der Waals surface area contributed by atoms with E-state index in [0.29, 0.717) is 5.56 Å². The van der Waals surface area contributed by atoms with Gasteiger partial charge in [-0.05, 0) is 61.4 Å². The molecule has 0 unspecified atom stereocenters. The van der Waals surface area contributed by atoms with E-state index in [1.54, 1.807) is 6.92 Å². The highest BCUT2D eigenvalue weighted by atomic mass is 16.7. The second-order valence-corrected chi connectivity index (χ2v) is 12.0. The molecule has 5 rings (SSSR count). The Morgan fingerprint density at radius 1 is 0.706 bits per heavy atom. The Morgan fingerprint density at radius 3 is 1.94 bits per heavy atom. The highest BCUT2D eigenvalue weighted by Gasteiger charge is 2.53. The Hall–Kier alpha value is -5.96. The molecule has 1 aliphatic heterocycles. The SMILES string of the molecule is CC(=O)OC[C@H]1O[C@@H](Oc2cc(C)cc3c2C(=O)C=C(c2c(C)cc4c(c2O)C(=O)C=CC4=O)C3=O)[C@H](OC(C)=O)[C@@H](OC(C)=O)[C@@H]1OC(C)=O. The van der Waals surface area contributed by atoms with Gasteiger partial charge < -0.3 is 33.5 Å². The first-order valence-corrected chi connectivity index (χ1v) is 15.5. The second-order valence-electron chi connectivity index (χ2n) is 12.0. The largest absolute Gasteiger partial charge is 0.506 e. The Balaban J connectivity index is 1.60. The number of aromatic hydroxyl groups is 1. The molecule has 1 saturated heterocycles. The molecule has 2 aromatic rings. The molecule has 1 fully saturated rings. The number of hydrogen-bond donors (Lipinski definition) is 1. The molecule has 0 radical (unpaired) electrons. The van der Waals surface area contributed by atoms with Crippen LogP contribution in [0.2, 0.25) is 0 Å². The molecule has 0 spiro atoms. The van der Waals surface area contributed by atoms with Crippen molar-refractivity contribution in [3.05, 3.63) is 75.4 Å². The molecule has 0 bridgehead atoms. The quantitative estimate of drug-likeness (QED) is 0.309. The van der Waals surface area contributed by atoms with Crippen molar-refractivity contribution in [3.63, 3.8) is 0 Å². The van der Waals surface area contributed by atoms with E-state index in [4.69, 9.17) is 28.4 Å². The fourth-order valence-corrected chi connectivity index (χ4v) is 6.20. The number of ether oxygens (including phenoxy) is 6. The molecular formula is C36H32O15. The molecule has 51 heavy (non-hydrogen) atoms. The van der Waals surface area contributed by atoms with E-state index in [2.05, 4.69) is 0 Å². The van der Waals surface area contributed by atoms with Gasteiger partial charge >= 0.3 is 23.9 Å². The zero-order valence-corrected chi connectivity index (χ0v) is 28.2. The van der Waals surface area contributed by atoms with Crippen LogP contribution in [0, 0.1) is 13.8 Å². The lowest BCUT2D eigenvalue weighted by atomic mass is 9.80. The van der Waals surface area contributed by atoms with Crippen molar-refractivity contribution in [2.75, 3.05) is 6.61 Å². The predicted molar refractivity (Wildman–Crippen MR) is 171 cm³/mol. The molecular weight excluding hydrogens is 672 g/mol. The van der Waals surface area contributed by atoms with Gasteiger partial charge in [0.2, 0.25) is 12.4 Å². The number of allylic oxidation sites excluding steroid dienone is 4. The molecule has 2 aromatic carbocycles. The minimum absolute atomic E-state index is 0.0480. The smallest absolute Gasteiger partial charge is 0.303 e. The first-order valence-electron chi connectivity index (χ1n) is 15.5. The monoisotopic (exact) mass is 704 g/mol. The summed E-state index contributed by atoms with van der Waals surface area (Å²) in [4.78, 5) is 101. The zero-order chi connectivity index (χ0) is 37.5. The fraction of sp³-hybridized carbons (Fsp3) is 0.333. The van der Waals surface area contributed by atoms with Crippen molar-refractivity contribution in [1.29, 1.82) is 0 Å². The normalized spacial score (nSPS) is 22.3. The molecule has 266 valence electrons. The van der Waals surface area contributed by atoms with Crippen LogP contribution < -0.4 is 4.74 Å². The minimum atomic E-state index is -1.70. The van der Waals surface area contributed by atoms with Gasteiger partial charge in [0.1, 0.15) is 24.2 Å². The standard InChI is InChI=1S/C36H32O15/c1-14-9-21-29(25(43)12-22(31(21)44)28-15(2)11-20-23(41)7-8-24(42)30(20)32(28)45)26(10-14)50-36-35(49-19(6)40)34(48-18(5)39)33(47-17(4)38)27(51-36)13-46-16(3)37/h7-12,27,33-36,45H,13H2,1-6H3/t27-,33-,34+,35-,36-/m1/s1. The van der Waals surface area contributed by atoms with Gasteiger partial charge in [-0.1, -0.05) is 0 Å². The van der Waals surface area contributed by atoms with Gasteiger partial charge in [-0.15, -0.1) is 0 Å². The number of Topliss-reactive ketones (excluding diaryl/α,β-unsaturated/α-hetero) is 1. The minimum Gasteiger partial charge on any atom is -0.506 e. The number of hydrogen-bond acceptors (Lipinski definition) is 15. The van der Waals surface area contributed by atoms with Gasteiger partial charge in [0, 0.05) is 50.0 Å². The molecule has 2 aliphatic carbocycles. The van der Waals surface area contributed by atoms with Gasteiger partial charge in [0.05, 0.1) is 11.1 Å². The van der Waals surface area contributed by atoms with Crippen molar-refractivity contribution in [2.45, 2.75) is 72.2 Å². The molecule has 3 aliphatic rings. The van der Waals surface area contributed by atoms with Crippen LogP contribution >= 0.6 is 0 Å². The number of esters is 4. The number of benzene rings is 2. The van der Waals surface area contributed by atoms with Crippen molar-refractivity contribution < 1.29 is 71.9 Å². The molecule has 5 atom stereocenters. The summed E-state index contributed by atoms with van der Waals surface area (Å²) < 4.78 is 33.5. The maximum absolute atomic E-state index is 14.1. The van der Waals surface area contributed by atoms with Crippen molar-refractivity contribution in [3.8, 4) is 11.5 Å². The van der Waals surface area contributed by atoms with E-state index in [-0.39, 0.29) is 44.7 Å². The highest BCUT2D eigenvalue weighted by molar-refractivity contribution is 6.40. The zero-order valence-electron chi connectivity index (χ0n) is 28.2. The van der Waals surface area contributed by atoms with Gasteiger partial charge in [0.15, 0.2) is 35.3 Å². The molecule has 0 aromatic heterocycles. The predicted octanol–water partition coefficient (Wildman–Crippen LogP) is 2.87. The summed E-state index contributed by atoms with van der Waals surface area (Å²) in [7, 11) is 0. The number of phenols is 1. The van der Waals surface area contributed by atoms with E-state index in [0.717, 1.165) is 45.9 Å². The van der Waals surface area contributed by atoms with Crippen molar-refractivity contribution >= 4 is 52.6 Å². The third-order valence-corrected chi connectivity index (χ3v) is 8.11. The van der Waals surface area contributed by atoms with Crippen LogP contribution in [0.4, 0.5) is 0 Å². The van der Waals surface area contributed by atoms with Gasteiger partial charge in [0.25, 0.3) is 0 Å². The summed E-state index contributed by atoms with van der Waals surface area (Å²) in [6.07, 6.45) is -4.65. The van der Waals surface area contributed by atoms with Gasteiger partial charge in [-0.2, -0.15) is 0 Å². The van der Waals surface area contributed by atoms with Crippen LogP contribution in [0.3, 0.4) is 0 Å². The van der Waals surface area contributed by atoms with Crippen LogP contribution in [0.5, 0.6) is 11.5 Å².